The van der Waals surface area contributed by atoms with Gasteiger partial charge in [-0.3, -0.25) is 14.5 Å². The third-order valence-electron chi connectivity index (χ3n) is 4.42. The number of nitrogens with zero attached hydrogens (tertiary/aromatic N) is 3. The highest BCUT2D eigenvalue weighted by Gasteiger charge is 2.28. The molecule has 0 bridgehead atoms. The van der Waals surface area contributed by atoms with Gasteiger partial charge in [0.1, 0.15) is 17.9 Å². The zero-order chi connectivity index (χ0) is 20.1. The van der Waals surface area contributed by atoms with Gasteiger partial charge < -0.3 is 14.9 Å². The molecule has 2 heterocycles. The van der Waals surface area contributed by atoms with Crippen LogP contribution in [0.25, 0.3) is 11.0 Å². The summed E-state index contributed by atoms with van der Waals surface area (Å²) >= 11 is 0. The molecule has 0 radical (unpaired) electrons. The van der Waals surface area contributed by atoms with Gasteiger partial charge in [-0.2, -0.15) is 0 Å². The van der Waals surface area contributed by atoms with Crippen LogP contribution < -0.4 is 4.90 Å². The molecule has 0 aliphatic heterocycles. The Bertz CT molecular complexity index is 1000. The van der Waals surface area contributed by atoms with Crippen LogP contribution in [0.3, 0.4) is 0 Å². The molecule has 0 saturated heterocycles. The lowest BCUT2D eigenvalue weighted by Gasteiger charge is -2.29. The number of aliphatic carboxylic acids is 1. The van der Waals surface area contributed by atoms with E-state index in [2.05, 4.69) is 15.0 Å². The van der Waals surface area contributed by atoms with Gasteiger partial charge in [-0.25, -0.2) is 9.97 Å². The van der Waals surface area contributed by atoms with E-state index in [1.165, 1.54) is 4.90 Å². The lowest BCUT2D eigenvalue weighted by Crippen LogP contribution is -2.42. The zero-order valence-electron chi connectivity index (χ0n) is 15.3. The molecule has 0 fully saturated rings. The number of benzene rings is 1. The number of carbonyl (C=O) groups is 3. The van der Waals surface area contributed by atoms with Crippen molar-refractivity contribution in [2.75, 3.05) is 4.90 Å². The van der Waals surface area contributed by atoms with Crippen molar-refractivity contribution in [3.05, 3.63) is 54.0 Å². The van der Waals surface area contributed by atoms with Gasteiger partial charge in [-0.1, -0.05) is 13.0 Å². The van der Waals surface area contributed by atoms with E-state index in [1.54, 1.807) is 42.6 Å². The van der Waals surface area contributed by atoms with Crippen molar-refractivity contribution < 1.29 is 19.5 Å². The summed E-state index contributed by atoms with van der Waals surface area (Å²) in [4.78, 5) is 48.3. The largest absolute Gasteiger partial charge is 0.481 e. The lowest BCUT2D eigenvalue weighted by atomic mass is 10.1. The van der Waals surface area contributed by atoms with E-state index in [-0.39, 0.29) is 18.7 Å². The van der Waals surface area contributed by atoms with Gasteiger partial charge in [0, 0.05) is 17.8 Å². The Labute approximate surface area is 161 Å². The standard InChI is InChI=1S/C20H20N4O4/c1-2-14(12-19(26)27)24(18-5-3-4-9-21-18)20(28)13-6-7-15-16(11-13)23-17(22-15)8-10-25/h3-7,9-11,14H,2,8,12H2,1H3,(H,22,23)(H,26,27). The van der Waals surface area contributed by atoms with Gasteiger partial charge in [0.05, 0.1) is 23.9 Å². The van der Waals surface area contributed by atoms with E-state index in [0.29, 0.717) is 34.7 Å². The number of anilines is 1. The average Bonchev–Trinajstić information content (AvgIpc) is 3.09. The molecule has 3 aromatic rings. The van der Waals surface area contributed by atoms with Crippen molar-refractivity contribution in [2.45, 2.75) is 32.2 Å². The summed E-state index contributed by atoms with van der Waals surface area (Å²) in [7, 11) is 0. The predicted octanol–water partition coefficient (Wildman–Crippen LogP) is 2.60. The van der Waals surface area contributed by atoms with Crippen LogP contribution in [-0.2, 0) is 16.0 Å². The number of rotatable bonds is 8. The quantitative estimate of drug-likeness (QED) is 0.580. The summed E-state index contributed by atoms with van der Waals surface area (Å²) < 4.78 is 0. The van der Waals surface area contributed by atoms with Crippen LogP contribution >= 0.6 is 0 Å². The molecule has 1 atom stereocenters. The van der Waals surface area contributed by atoms with Gasteiger partial charge >= 0.3 is 5.97 Å². The number of carboxylic acid groups (broad SMARTS) is 1. The number of carbonyl (C=O) groups excluding carboxylic acids is 2. The Balaban J connectivity index is 2.01. The van der Waals surface area contributed by atoms with Crippen LogP contribution in [0.15, 0.2) is 42.6 Å². The number of nitrogens with one attached hydrogen (secondary N) is 1. The molecule has 1 amide bonds. The van der Waals surface area contributed by atoms with Crippen molar-refractivity contribution in [3.8, 4) is 0 Å². The third kappa shape index (κ3) is 4.06. The molecule has 144 valence electrons. The number of hydrogen-bond acceptors (Lipinski definition) is 5. The highest BCUT2D eigenvalue weighted by atomic mass is 16.4. The molecule has 1 aromatic carbocycles. The Morgan fingerprint density at radius 1 is 1.29 bits per heavy atom. The summed E-state index contributed by atoms with van der Waals surface area (Å²) in [5, 5.41) is 9.26. The molecule has 8 heteroatoms. The van der Waals surface area contributed by atoms with Gasteiger partial charge in [-0.05, 0) is 36.8 Å². The monoisotopic (exact) mass is 380 g/mol. The van der Waals surface area contributed by atoms with E-state index in [1.807, 2.05) is 6.92 Å². The first kappa shape index (κ1) is 19.2. The summed E-state index contributed by atoms with van der Waals surface area (Å²) in [6, 6.07) is 9.61. The minimum Gasteiger partial charge on any atom is -0.481 e. The second kappa shape index (κ2) is 8.43. The average molecular weight is 380 g/mol. The van der Waals surface area contributed by atoms with Crippen LogP contribution in [0, 0.1) is 0 Å². The number of pyridine rings is 1. The minimum atomic E-state index is -0.983. The first-order chi connectivity index (χ1) is 13.5. The molecule has 3 rings (SSSR count). The van der Waals surface area contributed by atoms with Gasteiger partial charge in [0.15, 0.2) is 0 Å². The molecule has 0 saturated carbocycles. The number of aldehydes is 1. The van der Waals surface area contributed by atoms with Crippen LogP contribution in [0.4, 0.5) is 5.82 Å². The Hall–Kier alpha value is -3.55. The summed E-state index contributed by atoms with van der Waals surface area (Å²) in [6.07, 6.45) is 2.75. The minimum absolute atomic E-state index is 0.161. The Morgan fingerprint density at radius 2 is 2.11 bits per heavy atom. The van der Waals surface area contributed by atoms with Crippen molar-refractivity contribution in [2.24, 2.45) is 0 Å². The predicted molar refractivity (Wildman–Crippen MR) is 103 cm³/mol. The fourth-order valence-corrected chi connectivity index (χ4v) is 3.08. The molecule has 1 unspecified atom stereocenters. The zero-order valence-corrected chi connectivity index (χ0v) is 15.3. The molecular weight excluding hydrogens is 360 g/mol. The van der Waals surface area contributed by atoms with Gasteiger partial charge in [0.2, 0.25) is 0 Å². The fraction of sp³-hybridized carbons (Fsp3) is 0.250. The van der Waals surface area contributed by atoms with Crippen LogP contribution in [0.5, 0.6) is 0 Å². The van der Waals surface area contributed by atoms with Crippen molar-refractivity contribution >= 4 is 35.0 Å². The maximum atomic E-state index is 13.3. The number of aromatic nitrogens is 3. The number of aromatic amines is 1. The van der Waals surface area contributed by atoms with Crippen molar-refractivity contribution in [3.63, 3.8) is 0 Å². The van der Waals surface area contributed by atoms with E-state index >= 15 is 0 Å². The normalized spacial score (nSPS) is 11.9. The first-order valence-corrected chi connectivity index (χ1v) is 8.92. The highest BCUT2D eigenvalue weighted by molar-refractivity contribution is 6.07. The van der Waals surface area contributed by atoms with E-state index in [4.69, 9.17) is 0 Å². The topological polar surface area (TPSA) is 116 Å². The van der Waals surface area contributed by atoms with Gasteiger partial charge in [0.25, 0.3) is 5.91 Å². The fourth-order valence-electron chi connectivity index (χ4n) is 3.08. The molecule has 0 aliphatic rings. The molecule has 8 nitrogen and oxygen atoms in total. The second-order valence-corrected chi connectivity index (χ2v) is 6.31. The van der Waals surface area contributed by atoms with E-state index in [0.717, 1.165) is 6.29 Å². The summed E-state index contributed by atoms with van der Waals surface area (Å²) in [6.45, 7) is 1.83. The van der Waals surface area contributed by atoms with Gasteiger partial charge in [-0.15, -0.1) is 0 Å². The smallest absolute Gasteiger partial charge is 0.305 e. The molecule has 2 aromatic heterocycles. The number of carboxylic acids is 1. The third-order valence-corrected chi connectivity index (χ3v) is 4.42. The Morgan fingerprint density at radius 3 is 2.75 bits per heavy atom. The van der Waals surface area contributed by atoms with Crippen molar-refractivity contribution in [1.29, 1.82) is 0 Å². The maximum Gasteiger partial charge on any atom is 0.305 e. The number of hydrogen-bond donors (Lipinski definition) is 2. The van der Waals surface area contributed by atoms with Crippen molar-refractivity contribution in [1.82, 2.24) is 15.0 Å². The second-order valence-electron chi connectivity index (χ2n) is 6.31. The number of amides is 1. The molecule has 28 heavy (non-hydrogen) atoms. The summed E-state index contributed by atoms with van der Waals surface area (Å²) in [5.41, 5.74) is 1.66. The molecule has 0 aliphatic carbocycles. The summed E-state index contributed by atoms with van der Waals surface area (Å²) in [5.74, 6) is -0.413. The lowest BCUT2D eigenvalue weighted by molar-refractivity contribution is -0.137. The van der Waals surface area contributed by atoms with E-state index in [9.17, 15) is 19.5 Å². The molecule has 2 N–H and O–H groups in total. The number of imidazole rings is 1. The van der Waals surface area contributed by atoms with E-state index < -0.39 is 12.0 Å². The SMILES string of the molecule is CCC(CC(=O)O)N(C(=O)c1ccc2nc(CC=O)[nH]c2c1)c1ccccn1. The van der Waals surface area contributed by atoms with Crippen LogP contribution in [0.1, 0.15) is 35.9 Å². The number of fused-ring (bicyclic) bond motifs is 1. The van der Waals surface area contributed by atoms with Crippen LogP contribution in [-0.4, -0.2) is 44.3 Å². The maximum absolute atomic E-state index is 13.3. The highest BCUT2D eigenvalue weighted by Crippen LogP contribution is 2.23. The Kier molecular flexibility index (Phi) is 5.78. The first-order valence-electron chi connectivity index (χ1n) is 8.92. The molecule has 0 spiro atoms. The van der Waals surface area contributed by atoms with Crippen LogP contribution in [0.2, 0.25) is 0 Å². The molecular formula is C20H20N4O4. The number of H-pyrrole nitrogens is 1.